The number of hydrogen-bond donors (Lipinski definition) is 2. The number of H-pyrrole nitrogens is 1. The number of nitrogen functional groups attached to an aromatic ring is 1. The molecule has 7 nitrogen and oxygen atoms in total. The number of rotatable bonds is 7. The zero-order chi connectivity index (χ0) is 14.3. The second-order valence-corrected chi connectivity index (χ2v) is 4.30. The fraction of sp³-hybridized carbons (Fsp3) is 0.583. The lowest BCUT2D eigenvalue weighted by molar-refractivity contribution is -0.144. The van der Waals surface area contributed by atoms with Gasteiger partial charge < -0.3 is 10.6 Å². The second-order valence-electron chi connectivity index (χ2n) is 4.30. The molecule has 106 valence electrons. The fourth-order valence-electron chi connectivity index (χ4n) is 1.56. The molecular formula is C12H19N3O4. The van der Waals surface area contributed by atoms with Gasteiger partial charge in [-0.25, -0.2) is 9.59 Å². The highest BCUT2D eigenvalue weighted by molar-refractivity contribution is 5.69. The molecule has 19 heavy (non-hydrogen) atoms. The van der Waals surface area contributed by atoms with E-state index in [1.807, 2.05) is 4.98 Å². The molecule has 0 bridgehead atoms. The van der Waals surface area contributed by atoms with Crippen LogP contribution in [0, 0.1) is 0 Å². The summed E-state index contributed by atoms with van der Waals surface area (Å²) in [6, 6.07) is 0. The molecule has 0 spiro atoms. The number of aromatic amines is 1. The molecule has 1 aromatic heterocycles. The van der Waals surface area contributed by atoms with Gasteiger partial charge in [-0.1, -0.05) is 32.6 Å². The third-order valence-corrected chi connectivity index (χ3v) is 2.62. The molecule has 0 saturated carbocycles. The van der Waals surface area contributed by atoms with E-state index in [4.69, 9.17) is 10.6 Å². The van der Waals surface area contributed by atoms with Crippen LogP contribution in [0.3, 0.4) is 0 Å². The normalized spacial score (nSPS) is 10.4. The van der Waals surface area contributed by atoms with Crippen molar-refractivity contribution in [1.29, 1.82) is 0 Å². The molecule has 7 heteroatoms. The standard InChI is InChI=1S/C12H19N3O4/c1-2-3-4-5-6-7-10(16)19-15-8-9(13)11(17)14-12(15)18/h8H,2-7,13H2,1H3,(H,14,17,18). The van der Waals surface area contributed by atoms with Crippen molar-refractivity contribution in [3.05, 3.63) is 27.0 Å². The lowest BCUT2D eigenvalue weighted by atomic mass is 10.1. The molecule has 0 aromatic carbocycles. The van der Waals surface area contributed by atoms with Crippen molar-refractivity contribution in [1.82, 2.24) is 9.71 Å². The molecule has 0 amide bonds. The van der Waals surface area contributed by atoms with E-state index >= 15 is 0 Å². The van der Waals surface area contributed by atoms with E-state index in [0.29, 0.717) is 11.2 Å². The van der Waals surface area contributed by atoms with Gasteiger partial charge in [0.2, 0.25) is 0 Å². The van der Waals surface area contributed by atoms with Gasteiger partial charge in [0.05, 0.1) is 6.20 Å². The van der Waals surface area contributed by atoms with Crippen LogP contribution in [0.25, 0.3) is 0 Å². The Morgan fingerprint density at radius 1 is 1.32 bits per heavy atom. The Bertz CT molecular complexity index is 533. The van der Waals surface area contributed by atoms with Crippen LogP contribution >= 0.6 is 0 Å². The van der Waals surface area contributed by atoms with E-state index in [-0.39, 0.29) is 12.1 Å². The van der Waals surface area contributed by atoms with Gasteiger partial charge in [-0.3, -0.25) is 9.78 Å². The lowest BCUT2D eigenvalue weighted by Gasteiger charge is -2.06. The number of anilines is 1. The van der Waals surface area contributed by atoms with Crippen molar-refractivity contribution < 1.29 is 9.63 Å². The first kappa shape index (κ1) is 15.0. The highest BCUT2D eigenvalue weighted by Gasteiger charge is 2.08. The number of nitrogens with two attached hydrogens (primary N) is 1. The minimum absolute atomic E-state index is 0.185. The van der Waals surface area contributed by atoms with Crippen molar-refractivity contribution in [2.24, 2.45) is 0 Å². The molecule has 3 N–H and O–H groups in total. The molecule has 0 aliphatic carbocycles. The van der Waals surface area contributed by atoms with Crippen LogP contribution in [0.15, 0.2) is 15.8 Å². The molecule has 0 unspecified atom stereocenters. The minimum atomic E-state index is -0.821. The highest BCUT2D eigenvalue weighted by atomic mass is 16.7. The maximum Gasteiger partial charge on any atom is 0.361 e. The summed E-state index contributed by atoms with van der Waals surface area (Å²) >= 11 is 0. The smallest absolute Gasteiger partial charge is 0.361 e. The first-order chi connectivity index (χ1) is 9.04. The van der Waals surface area contributed by atoms with Crippen molar-refractivity contribution in [3.8, 4) is 0 Å². The van der Waals surface area contributed by atoms with E-state index in [1.165, 1.54) is 0 Å². The number of nitrogens with one attached hydrogen (secondary N) is 1. The Labute approximate surface area is 110 Å². The predicted octanol–water partition coefficient (Wildman–Crippen LogP) is 0.435. The van der Waals surface area contributed by atoms with Gasteiger partial charge >= 0.3 is 11.7 Å². The monoisotopic (exact) mass is 269 g/mol. The van der Waals surface area contributed by atoms with Crippen molar-refractivity contribution in [3.63, 3.8) is 0 Å². The van der Waals surface area contributed by atoms with Crippen LogP contribution in [-0.2, 0) is 4.79 Å². The van der Waals surface area contributed by atoms with Crippen molar-refractivity contribution >= 4 is 11.7 Å². The van der Waals surface area contributed by atoms with Gasteiger partial charge in [-0.15, -0.1) is 4.73 Å². The summed E-state index contributed by atoms with van der Waals surface area (Å²) in [6.07, 6.45) is 6.25. The SMILES string of the molecule is CCCCCCCC(=O)On1cc(N)c(=O)[nH]c1=O. The Kier molecular flexibility index (Phi) is 5.84. The first-order valence-corrected chi connectivity index (χ1v) is 6.37. The highest BCUT2D eigenvalue weighted by Crippen LogP contribution is 2.04. The van der Waals surface area contributed by atoms with Gasteiger partial charge in [0.15, 0.2) is 0 Å². The maximum atomic E-state index is 11.5. The number of nitrogens with zero attached hydrogens (tertiary/aromatic N) is 1. The van der Waals surface area contributed by atoms with E-state index in [9.17, 15) is 14.4 Å². The van der Waals surface area contributed by atoms with E-state index in [1.54, 1.807) is 0 Å². The van der Waals surface area contributed by atoms with Gasteiger partial charge in [0.25, 0.3) is 5.56 Å². The summed E-state index contributed by atoms with van der Waals surface area (Å²) < 4.78 is 0.644. The first-order valence-electron chi connectivity index (χ1n) is 6.37. The predicted molar refractivity (Wildman–Crippen MR) is 70.7 cm³/mol. The minimum Gasteiger partial charge on any atom is -0.393 e. The molecule has 0 fully saturated rings. The molecule has 0 aliphatic heterocycles. The van der Waals surface area contributed by atoms with Crippen LogP contribution in [0.4, 0.5) is 5.69 Å². The summed E-state index contributed by atoms with van der Waals surface area (Å²) in [5.74, 6) is -0.523. The number of carbonyl (C=O) groups is 1. The van der Waals surface area contributed by atoms with Crippen LogP contribution in [-0.4, -0.2) is 15.7 Å². The average molecular weight is 269 g/mol. The molecule has 0 saturated heterocycles. The van der Waals surface area contributed by atoms with Gasteiger partial charge in [0, 0.05) is 6.42 Å². The Morgan fingerprint density at radius 2 is 2.00 bits per heavy atom. The third-order valence-electron chi connectivity index (χ3n) is 2.62. The Morgan fingerprint density at radius 3 is 2.68 bits per heavy atom. The van der Waals surface area contributed by atoms with Crippen molar-refractivity contribution in [2.75, 3.05) is 5.73 Å². The molecule has 0 atom stereocenters. The zero-order valence-electron chi connectivity index (χ0n) is 11.0. The zero-order valence-corrected chi connectivity index (χ0v) is 11.0. The summed E-state index contributed by atoms with van der Waals surface area (Å²) in [5, 5.41) is 0. The van der Waals surface area contributed by atoms with Crippen LogP contribution in [0.2, 0.25) is 0 Å². The molecule has 0 radical (unpaired) electrons. The van der Waals surface area contributed by atoms with E-state index in [2.05, 4.69) is 6.92 Å². The molecule has 1 rings (SSSR count). The lowest BCUT2D eigenvalue weighted by Crippen LogP contribution is -2.36. The van der Waals surface area contributed by atoms with Gasteiger partial charge in [0.1, 0.15) is 5.69 Å². The fourth-order valence-corrected chi connectivity index (χ4v) is 1.56. The summed E-state index contributed by atoms with van der Waals surface area (Å²) in [6.45, 7) is 2.11. The number of aromatic nitrogens is 2. The molecule has 1 aromatic rings. The second kappa shape index (κ2) is 7.40. The van der Waals surface area contributed by atoms with Gasteiger partial charge in [-0.05, 0) is 6.42 Å². The number of unbranched alkanes of at least 4 members (excludes halogenated alkanes) is 4. The van der Waals surface area contributed by atoms with Crippen LogP contribution in [0.5, 0.6) is 0 Å². The topological polar surface area (TPSA) is 107 Å². The quantitative estimate of drug-likeness (QED) is 0.698. The summed E-state index contributed by atoms with van der Waals surface area (Å²) in [5.41, 5.74) is 3.62. The maximum absolute atomic E-state index is 11.5. The number of hydrogen-bond acceptors (Lipinski definition) is 5. The van der Waals surface area contributed by atoms with E-state index < -0.39 is 17.2 Å². The third kappa shape index (κ3) is 4.99. The largest absolute Gasteiger partial charge is 0.393 e. The van der Waals surface area contributed by atoms with E-state index in [0.717, 1.165) is 31.9 Å². The van der Waals surface area contributed by atoms with Crippen LogP contribution < -0.4 is 21.8 Å². The number of carbonyl (C=O) groups excluding carboxylic acids is 1. The molecule has 0 aliphatic rings. The Balaban J connectivity index is 2.47. The van der Waals surface area contributed by atoms with Gasteiger partial charge in [-0.2, -0.15) is 0 Å². The van der Waals surface area contributed by atoms with Crippen molar-refractivity contribution in [2.45, 2.75) is 45.4 Å². The molecular weight excluding hydrogens is 250 g/mol. The summed E-state index contributed by atoms with van der Waals surface area (Å²) in [4.78, 5) is 40.6. The molecule has 1 heterocycles. The summed E-state index contributed by atoms with van der Waals surface area (Å²) in [7, 11) is 0. The Hall–Kier alpha value is -2.05. The van der Waals surface area contributed by atoms with Crippen LogP contribution in [0.1, 0.15) is 45.4 Å². The average Bonchev–Trinajstić information content (AvgIpc) is 2.35.